The van der Waals surface area contributed by atoms with Crippen molar-refractivity contribution in [3.8, 4) is 5.75 Å². The number of unbranched alkanes of at least 4 members (excludes halogenated alkanes) is 23. The number of ether oxygens (including phenoxy) is 1. The van der Waals surface area contributed by atoms with Crippen LogP contribution in [0.4, 0.5) is 0 Å². The summed E-state index contributed by atoms with van der Waals surface area (Å²) in [6, 6.07) is 16.1. The molecule has 2 aromatic carbocycles. The quantitative estimate of drug-likeness (QED) is 0.0337. The van der Waals surface area contributed by atoms with Gasteiger partial charge in [-0.25, -0.2) is 0 Å². The van der Waals surface area contributed by atoms with E-state index in [0.717, 1.165) is 24.3 Å². The average Bonchev–Trinajstić information content (AvgIpc) is 3.10. The number of carbonyl (C=O) groups excluding carboxylic acids is 1. The lowest BCUT2D eigenvalue weighted by molar-refractivity contribution is 0.104. The number of benzene rings is 2. The first-order valence-electron chi connectivity index (χ1n) is 19.9. The smallest absolute Gasteiger partial charge is 0.185 e. The van der Waals surface area contributed by atoms with Gasteiger partial charge >= 0.3 is 0 Å². The lowest BCUT2D eigenvalue weighted by Crippen LogP contribution is -1.98. The average molecular weight is 663 g/mol. The number of carbonyl (C=O) groups is 1. The zero-order chi connectivity index (χ0) is 33.5. The van der Waals surface area contributed by atoms with Gasteiger partial charge in [-0.05, 0) is 66.6 Å². The summed E-state index contributed by atoms with van der Waals surface area (Å²) >= 11 is 1.95. The van der Waals surface area contributed by atoms with Crippen molar-refractivity contribution in [2.75, 3.05) is 12.4 Å². The maximum atomic E-state index is 12.6. The molecule has 2 aromatic rings. The first-order valence-corrected chi connectivity index (χ1v) is 20.9. The van der Waals surface area contributed by atoms with Crippen molar-refractivity contribution in [1.82, 2.24) is 0 Å². The lowest BCUT2D eigenvalue weighted by atomic mass is 10.0. The van der Waals surface area contributed by atoms with E-state index in [4.69, 9.17) is 4.74 Å². The van der Waals surface area contributed by atoms with Crippen LogP contribution in [0.5, 0.6) is 5.75 Å². The monoisotopic (exact) mass is 663 g/mol. The first kappa shape index (κ1) is 41.2. The largest absolute Gasteiger partial charge is 0.494 e. The minimum Gasteiger partial charge on any atom is -0.494 e. The van der Waals surface area contributed by atoms with Crippen LogP contribution in [-0.2, 0) is 0 Å². The van der Waals surface area contributed by atoms with Crippen LogP contribution in [0.1, 0.15) is 190 Å². The first-order chi connectivity index (χ1) is 23.2. The van der Waals surface area contributed by atoms with E-state index < -0.39 is 0 Å². The Morgan fingerprint density at radius 3 is 1.43 bits per heavy atom. The molecule has 0 N–H and O–H groups in total. The summed E-state index contributed by atoms with van der Waals surface area (Å²) in [5.41, 5.74) is 1.75. The Hall–Kier alpha value is -2.00. The number of hydrogen-bond donors (Lipinski definition) is 0. The summed E-state index contributed by atoms with van der Waals surface area (Å²) in [7, 11) is 0. The van der Waals surface area contributed by atoms with Crippen LogP contribution in [0.2, 0.25) is 0 Å². The third-order valence-electron chi connectivity index (χ3n) is 9.23. The molecule has 0 atom stereocenters. The number of allylic oxidation sites excluding steroid dienone is 1. The summed E-state index contributed by atoms with van der Waals surface area (Å²) in [5, 5.41) is 0. The van der Waals surface area contributed by atoms with Crippen molar-refractivity contribution in [3.63, 3.8) is 0 Å². The molecule has 0 saturated heterocycles. The molecule has 2 rings (SSSR count). The summed E-state index contributed by atoms with van der Waals surface area (Å²) in [6.45, 7) is 5.27. The van der Waals surface area contributed by atoms with E-state index in [2.05, 4.69) is 38.1 Å². The summed E-state index contributed by atoms with van der Waals surface area (Å²) in [6.07, 6.45) is 38.3. The van der Waals surface area contributed by atoms with Crippen molar-refractivity contribution >= 4 is 23.6 Å². The zero-order valence-corrected chi connectivity index (χ0v) is 31.4. The molecule has 47 heavy (non-hydrogen) atoms. The molecule has 0 aliphatic carbocycles. The molecular weight excluding hydrogens is 593 g/mol. The van der Waals surface area contributed by atoms with Crippen molar-refractivity contribution in [1.29, 1.82) is 0 Å². The molecule has 0 heterocycles. The highest BCUT2D eigenvalue weighted by atomic mass is 32.2. The van der Waals surface area contributed by atoms with Crippen LogP contribution >= 0.6 is 11.8 Å². The number of thioether (sulfide) groups is 1. The molecule has 3 heteroatoms. The second-order valence-corrected chi connectivity index (χ2v) is 14.8. The van der Waals surface area contributed by atoms with E-state index in [1.165, 1.54) is 165 Å². The third-order valence-corrected chi connectivity index (χ3v) is 10.3. The maximum absolute atomic E-state index is 12.6. The third kappa shape index (κ3) is 23.1. The van der Waals surface area contributed by atoms with Crippen molar-refractivity contribution in [2.24, 2.45) is 0 Å². The molecule has 0 saturated carbocycles. The molecule has 0 aromatic heterocycles. The minimum absolute atomic E-state index is 0.0224. The van der Waals surface area contributed by atoms with E-state index in [0.29, 0.717) is 5.56 Å². The maximum Gasteiger partial charge on any atom is 0.185 e. The molecule has 0 amide bonds. The number of ketones is 1. The van der Waals surface area contributed by atoms with E-state index in [-0.39, 0.29) is 5.78 Å². The van der Waals surface area contributed by atoms with Gasteiger partial charge in [-0.3, -0.25) is 4.79 Å². The van der Waals surface area contributed by atoms with Gasteiger partial charge in [0, 0.05) is 10.5 Å². The molecule has 0 unspecified atom stereocenters. The van der Waals surface area contributed by atoms with E-state index in [1.807, 2.05) is 42.1 Å². The summed E-state index contributed by atoms with van der Waals surface area (Å²) in [5.74, 6) is 2.05. The molecule has 0 fully saturated rings. The van der Waals surface area contributed by atoms with Crippen molar-refractivity contribution in [3.05, 3.63) is 65.7 Å². The Morgan fingerprint density at radius 1 is 0.532 bits per heavy atom. The van der Waals surface area contributed by atoms with Gasteiger partial charge in [-0.2, -0.15) is 0 Å². The van der Waals surface area contributed by atoms with E-state index in [9.17, 15) is 4.79 Å². The molecule has 264 valence electrons. The highest BCUT2D eigenvalue weighted by molar-refractivity contribution is 7.99. The highest BCUT2D eigenvalue weighted by Crippen LogP contribution is 2.22. The van der Waals surface area contributed by atoms with E-state index in [1.54, 1.807) is 6.08 Å². The Bertz CT molecular complexity index is 1010. The van der Waals surface area contributed by atoms with Gasteiger partial charge in [0.05, 0.1) is 6.61 Å². The van der Waals surface area contributed by atoms with Crippen LogP contribution in [0.3, 0.4) is 0 Å². The standard InChI is InChI=1S/C44H70O2S/c1-3-5-7-9-10-11-12-13-14-15-16-17-18-19-20-21-22-23-25-27-39-47-43-35-28-40(29-36-43)30-37-44(45)41-31-33-42(34-32-41)46-38-26-24-8-6-4-2/h28-37H,3-27,38-39H2,1-2H3/b37-30+. The minimum atomic E-state index is 0.0224. The molecule has 0 radical (unpaired) electrons. The number of hydrogen-bond acceptors (Lipinski definition) is 3. The zero-order valence-electron chi connectivity index (χ0n) is 30.6. The van der Waals surface area contributed by atoms with Gasteiger partial charge in [0.2, 0.25) is 0 Å². The van der Waals surface area contributed by atoms with Gasteiger partial charge in [0.25, 0.3) is 0 Å². The topological polar surface area (TPSA) is 26.3 Å². The van der Waals surface area contributed by atoms with Crippen LogP contribution in [-0.4, -0.2) is 18.1 Å². The SMILES string of the molecule is CCCCCCCCCCCCCCCCCCCCCCSc1ccc(/C=C/C(=O)c2ccc(OCCCCCCC)cc2)cc1. The Balaban J connectivity index is 1.41. The highest BCUT2D eigenvalue weighted by Gasteiger charge is 2.03. The molecular formula is C44H70O2S. The molecule has 0 aliphatic rings. The molecule has 0 aliphatic heterocycles. The fraction of sp³-hybridized carbons (Fsp3) is 0.659. The Labute approximate surface area is 295 Å². The summed E-state index contributed by atoms with van der Waals surface area (Å²) in [4.78, 5) is 13.9. The second-order valence-electron chi connectivity index (χ2n) is 13.6. The molecule has 0 bridgehead atoms. The predicted octanol–water partition coefficient (Wildman–Crippen LogP) is 14.8. The van der Waals surface area contributed by atoms with Crippen LogP contribution in [0.15, 0.2) is 59.5 Å². The van der Waals surface area contributed by atoms with Crippen molar-refractivity contribution < 1.29 is 9.53 Å². The van der Waals surface area contributed by atoms with Crippen LogP contribution in [0, 0.1) is 0 Å². The predicted molar refractivity (Wildman–Crippen MR) is 209 cm³/mol. The summed E-state index contributed by atoms with van der Waals surface area (Å²) < 4.78 is 5.82. The lowest BCUT2D eigenvalue weighted by Gasteiger charge is -2.06. The van der Waals surface area contributed by atoms with Gasteiger partial charge in [-0.15, -0.1) is 11.8 Å². The fourth-order valence-electron chi connectivity index (χ4n) is 6.10. The van der Waals surface area contributed by atoms with Gasteiger partial charge < -0.3 is 4.74 Å². The molecule has 0 spiro atoms. The Morgan fingerprint density at radius 2 is 0.957 bits per heavy atom. The van der Waals surface area contributed by atoms with Gasteiger partial charge in [0.15, 0.2) is 5.78 Å². The van der Waals surface area contributed by atoms with Crippen LogP contribution < -0.4 is 4.74 Å². The van der Waals surface area contributed by atoms with Crippen molar-refractivity contribution in [2.45, 2.75) is 179 Å². The normalized spacial score (nSPS) is 11.4. The number of rotatable bonds is 32. The second kappa shape index (κ2) is 30.1. The van der Waals surface area contributed by atoms with E-state index >= 15 is 0 Å². The fourth-order valence-corrected chi connectivity index (χ4v) is 7.01. The van der Waals surface area contributed by atoms with Crippen LogP contribution in [0.25, 0.3) is 6.08 Å². The van der Waals surface area contributed by atoms with Gasteiger partial charge in [-0.1, -0.05) is 180 Å². The molecule has 2 nitrogen and oxygen atoms in total. The Kier molecular flexibility index (Phi) is 26.4. The van der Waals surface area contributed by atoms with Gasteiger partial charge in [0.1, 0.15) is 5.75 Å².